The fraction of sp³-hybridized carbons (Fsp3) is 0.500. The van der Waals surface area contributed by atoms with Crippen LogP contribution in [-0.2, 0) is 19.1 Å². The molecule has 1 aromatic carbocycles. The van der Waals surface area contributed by atoms with E-state index >= 15 is 0 Å². The summed E-state index contributed by atoms with van der Waals surface area (Å²) in [6.07, 6.45) is 0.636. The summed E-state index contributed by atoms with van der Waals surface area (Å²) in [5, 5.41) is 5.29. The Hall–Kier alpha value is -3.10. The number of ether oxygens (including phenoxy) is 2. The molecule has 156 valence electrons. The minimum Gasteiger partial charge on any atom is -0.494 e. The summed E-state index contributed by atoms with van der Waals surface area (Å²) < 4.78 is 10.4. The van der Waals surface area contributed by atoms with E-state index in [1.54, 1.807) is 31.2 Å². The molecule has 1 saturated heterocycles. The molecule has 2 atom stereocenters. The molecule has 4 amide bonds. The number of carbonyl (C=O) groups excluding carboxylic acids is 4. The predicted octanol–water partition coefficient (Wildman–Crippen LogP) is 1.68. The first-order chi connectivity index (χ1) is 13.7. The molecular formula is C20H25N3O6. The number of rotatable bonds is 8. The maximum absolute atomic E-state index is 12.5. The molecular weight excluding hydrogens is 378 g/mol. The van der Waals surface area contributed by atoms with Gasteiger partial charge in [0.2, 0.25) is 0 Å². The Bertz CT molecular complexity index is 820. The Morgan fingerprint density at radius 1 is 1.28 bits per heavy atom. The van der Waals surface area contributed by atoms with Gasteiger partial charge in [-0.1, -0.05) is 0 Å². The largest absolute Gasteiger partial charge is 0.494 e. The summed E-state index contributed by atoms with van der Waals surface area (Å²) in [7, 11) is 0. The van der Waals surface area contributed by atoms with Crippen LogP contribution >= 0.6 is 0 Å². The van der Waals surface area contributed by atoms with Gasteiger partial charge < -0.3 is 20.1 Å². The van der Waals surface area contributed by atoms with E-state index in [-0.39, 0.29) is 5.92 Å². The third-order valence-electron chi connectivity index (χ3n) is 5.09. The van der Waals surface area contributed by atoms with Gasteiger partial charge in [0.25, 0.3) is 11.8 Å². The molecule has 9 nitrogen and oxygen atoms in total. The highest BCUT2D eigenvalue weighted by atomic mass is 16.5. The monoisotopic (exact) mass is 403 g/mol. The van der Waals surface area contributed by atoms with E-state index < -0.39 is 42.0 Å². The van der Waals surface area contributed by atoms with Crippen LogP contribution in [0.2, 0.25) is 0 Å². The van der Waals surface area contributed by atoms with Crippen molar-refractivity contribution in [2.75, 3.05) is 18.5 Å². The molecule has 29 heavy (non-hydrogen) atoms. The average molecular weight is 403 g/mol. The van der Waals surface area contributed by atoms with Gasteiger partial charge in [-0.15, -0.1) is 0 Å². The van der Waals surface area contributed by atoms with Gasteiger partial charge in [-0.05, 0) is 63.8 Å². The molecule has 1 heterocycles. The number of urea groups is 1. The molecule has 0 aromatic heterocycles. The van der Waals surface area contributed by atoms with Gasteiger partial charge in [-0.3, -0.25) is 19.3 Å². The first kappa shape index (κ1) is 20.6. The van der Waals surface area contributed by atoms with Crippen molar-refractivity contribution in [1.29, 1.82) is 0 Å². The topological polar surface area (TPSA) is 114 Å². The lowest BCUT2D eigenvalue weighted by Gasteiger charge is -2.21. The number of hydrogen-bond acceptors (Lipinski definition) is 6. The van der Waals surface area contributed by atoms with E-state index in [0.29, 0.717) is 18.0 Å². The molecule has 0 radical (unpaired) electrons. The summed E-state index contributed by atoms with van der Waals surface area (Å²) in [4.78, 5) is 49.9. The number of hydrogen-bond donors (Lipinski definition) is 2. The maximum Gasteiger partial charge on any atom is 0.327 e. The zero-order chi connectivity index (χ0) is 21.2. The lowest BCUT2D eigenvalue weighted by molar-refractivity contribution is -0.155. The number of amides is 4. The first-order valence-electron chi connectivity index (χ1n) is 9.62. The molecule has 2 aliphatic rings. The highest BCUT2D eigenvalue weighted by molar-refractivity contribution is 6.09. The molecule has 1 aliphatic heterocycles. The molecule has 0 bridgehead atoms. The van der Waals surface area contributed by atoms with Crippen LogP contribution in [0.15, 0.2) is 24.3 Å². The molecule has 0 unspecified atom stereocenters. The van der Waals surface area contributed by atoms with E-state index in [4.69, 9.17) is 9.47 Å². The molecule has 3 rings (SSSR count). The Morgan fingerprint density at radius 3 is 2.52 bits per heavy atom. The lowest BCUT2D eigenvalue weighted by atomic mass is 9.96. The van der Waals surface area contributed by atoms with Crippen LogP contribution < -0.4 is 15.4 Å². The zero-order valence-corrected chi connectivity index (χ0v) is 16.7. The Labute approximate surface area is 168 Å². The summed E-state index contributed by atoms with van der Waals surface area (Å²) in [5.74, 6) is -1.02. The van der Waals surface area contributed by atoms with Gasteiger partial charge in [0.05, 0.1) is 6.61 Å². The standard InChI is InChI=1S/C20H25N3O6/c1-4-28-15-9-7-14(8-10-15)21-17(25)12(2)29-16(24)11-23-18(26)20(3,13-5-6-13)22-19(23)27/h7-10,12-13H,4-6,11H2,1-3H3,(H,21,25)(H,22,27)/t12-,20+/m0/s1. The Morgan fingerprint density at radius 2 is 1.93 bits per heavy atom. The Kier molecular flexibility index (Phi) is 5.76. The second-order valence-electron chi connectivity index (χ2n) is 7.38. The maximum atomic E-state index is 12.5. The van der Waals surface area contributed by atoms with Gasteiger partial charge >= 0.3 is 12.0 Å². The number of imide groups is 1. The van der Waals surface area contributed by atoms with Crippen LogP contribution in [0.4, 0.5) is 10.5 Å². The minimum absolute atomic E-state index is 0.0961. The fourth-order valence-corrected chi connectivity index (χ4v) is 3.26. The van der Waals surface area contributed by atoms with E-state index in [1.807, 2.05) is 6.92 Å². The molecule has 2 N–H and O–H groups in total. The van der Waals surface area contributed by atoms with E-state index in [0.717, 1.165) is 17.7 Å². The predicted molar refractivity (Wildman–Crippen MR) is 103 cm³/mol. The van der Waals surface area contributed by atoms with Crippen molar-refractivity contribution < 1.29 is 28.7 Å². The van der Waals surface area contributed by atoms with Gasteiger partial charge in [0, 0.05) is 5.69 Å². The summed E-state index contributed by atoms with van der Waals surface area (Å²) in [6, 6.07) is 6.15. The van der Waals surface area contributed by atoms with Crippen molar-refractivity contribution in [3.8, 4) is 5.75 Å². The zero-order valence-electron chi connectivity index (χ0n) is 16.7. The number of anilines is 1. The average Bonchev–Trinajstić information content (AvgIpc) is 3.49. The normalized spacial score (nSPS) is 22.1. The van der Waals surface area contributed by atoms with Gasteiger partial charge in [-0.25, -0.2) is 4.79 Å². The number of esters is 1. The summed E-state index contributed by atoms with van der Waals surface area (Å²) >= 11 is 0. The second-order valence-corrected chi connectivity index (χ2v) is 7.38. The molecule has 1 aromatic rings. The smallest absolute Gasteiger partial charge is 0.327 e. The second kappa shape index (κ2) is 8.10. The van der Waals surface area contributed by atoms with Crippen molar-refractivity contribution >= 4 is 29.5 Å². The SMILES string of the molecule is CCOc1ccc(NC(=O)[C@H](C)OC(=O)CN2C(=O)N[C@](C)(C3CC3)C2=O)cc1. The third kappa shape index (κ3) is 4.49. The van der Waals surface area contributed by atoms with E-state index in [1.165, 1.54) is 6.92 Å². The molecule has 9 heteroatoms. The number of nitrogens with zero attached hydrogens (tertiary/aromatic N) is 1. The van der Waals surface area contributed by atoms with Crippen LogP contribution in [0.1, 0.15) is 33.6 Å². The molecule has 2 fully saturated rings. The number of benzene rings is 1. The van der Waals surface area contributed by atoms with Crippen molar-refractivity contribution in [3.63, 3.8) is 0 Å². The van der Waals surface area contributed by atoms with Crippen LogP contribution in [0.25, 0.3) is 0 Å². The van der Waals surface area contributed by atoms with Gasteiger partial charge in [-0.2, -0.15) is 0 Å². The van der Waals surface area contributed by atoms with Crippen molar-refractivity contribution in [2.24, 2.45) is 5.92 Å². The van der Waals surface area contributed by atoms with Crippen LogP contribution in [0.5, 0.6) is 5.75 Å². The molecule has 1 saturated carbocycles. The number of nitrogens with one attached hydrogen (secondary N) is 2. The Balaban J connectivity index is 1.51. The quantitative estimate of drug-likeness (QED) is 0.504. The van der Waals surface area contributed by atoms with E-state index in [9.17, 15) is 19.2 Å². The van der Waals surface area contributed by atoms with Crippen molar-refractivity contribution in [3.05, 3.63) is 24.3 Å². The third-order valence-corrected chi connectivity index (χ3v) is 5.09. The van der Waals surface area contributed by atoms with Crippen LogP contribution in [0, 0.1) is 5.92 Å². The first-order valence-corrected chi connectivity index (χ1v) is 9.62. The van der Waals surface area contributed by atoms with Gasteiger partial charge in [0.1, 0.15) is 17.8 Å². The van der Waals surface area contributed by atoms with Crippen molar-refractivity contribution in [1.82, 2.24) is 10.2 Å². The van der Waals surface area contributed by atoms with E-state index in [2.05, 4.69) is 10.6 Å². The van der Waals surface area contributed by atoms with Crippen LogP contribution in [0.3, 0.4) is 0 Å². The minimum atomic E-state index is -1.09. The molecule has 1 aliphatic carbocycles. The van der Waals surface area contributed by atoms with Crippen molar-refractivity contribution in [2.45, 2.75) is 45.3 Å². The van der Waals surface area contributed by atoms with Crippen LogP contribution in [-0.4, -0.2) is 53.5 Å². The lowest BCUT2D eigenvalue weighted by Crippen LogP contribution is -2.46. The summed E-state index contributed by atoms with van der Waals surface area (Å²) in [6.45, 7) is 4.96. The fourth-order valence-electron chi connectivity index (χ4n) is 3.26. The highest BCUT2D eigenvalue weighted by Gasteiger charge is 2.56. The highest BCUT2D eigenvalue weighted by Crippen LogP contribution is 2.42. The van der Waals surface area contributed by atoms with Gasteiger partial charge in [0.15, 0.2) is 6.10 Å². The summed E-state index contributed by atoms with van der Waals surface area (Å²) in [5.41, 5.74) is -0.441. The number of carbonyl (C=O) groups is 4. The molecule has 0 spiro atoms.